The number of amides is 2. The van der Waals surface area contributed by atoms with Crippen molar-refractivity contribution in [1.82, 2.24) is 10.2 Å². The molecule has 0 atom stereocenters. The van der Waals surface area contributed by atoms with Gasteiger partial charge in [0.15, 0.2) is 0 Å². The smallest absolute Gasteiger partial charge is 0.254 e. The van der Waals surface area contributed by atoms with Crippen LogP contribution in [-0.4, -0.2) is 35.8 Å². The van der Waals surface area contributed by atoms with Crippen LogP contribution in [0.25, 0.3) is 0 Å². The van der Waals surface area contributed by atoms with Crippen molar-refractivity contribution in [3.05, 3.63) is 60.2 Å². The highest BCUT2D eigenvalue weighted by atomic mass is 16.5. The maximum atomic E-state index is 12.6. The summed E-state index contributed by atoms with van der Waals surface area (Å²) in [5.41, 5.74) is 0.527. The average Bonchev–Trinajstić information content (AvgIpc) is 2.60. The number of benzene rings is 2. The van der Waals surface area contributed by atoms with Crippen molar-refractivity contribution in [2.45, 2.75) is 26.8 Å². The van der Waals surface area contributed by atoms with E-state index in [1.165, 1.54) is 4.90 Å². The van der Waals surface area contributed by atoms with Gasteiger partial charge in [-0.2, -0.15) is 0 Å². The summed E-state index contributed by atoms with van der Waals surface area (Å²) >= 11 is 0. The van der Waals surface area contributed by atoms with E-state index in [9.17, 15) is 9.59 Å². The highest BCUT2D eigenvalue weighted by molar-refractivity contribution is 5.96. The lowest BCUT2D eigenvalue weighted by Crippen LogP contribution is -2.42. The second-order valence-corrected chi connectivity index (χ2v) is 5.98. The second kappa shape index (κ2) is 8.87. The van der Waals surface area contributed by atoms with E-state index >= 15 is 0 Å². The normalized spacial score (nSPS) is 10.4. The molecule has 132 valence electrons. The number of ether oxygens (including phenoxy) is 1. The predicted octanol–water partition coefficient (Wildman–Crippen LogP) is 3.47. The molecule has 0 fully saturated rings. The molecule has 0 aromatic heterocycles. The summed E-state index contributed by atoms with van der Waals surface area (Å²) in [7, 11) is 0. The molecule has 2 amide bonds. The van der Waals surface area contributed by atoms with E-state index in [0.29, 0.717) is 17.9 Å². The zero-order valence-electron chi connectivity index (χ0n) is 14.9. The van der Waals surface area contributed by atoms with Gasteiger partial charge in [-0.25, -0.2) is 0 Å². The molecular weight excluding hydrogens is 316 g/mol. The van der Waals surface area contributed by atoms with Crippen molar-refractivity contribution in [3.8, 4) is 11.5 Å². The number of nitrogens with one attached hydrogen (secondary N) is 1. The largest absolute Gasteiger partial charge is 0.457 e. The zero-order chi connectivity index (χ0) is 18.2. The molecule has 25 heavy (non-hydrogen) atoms. The van der Waals surface area contributed by atoms with Crippen LogP contribution in [0.1, 0.15) is 31.1 Å². The molecule has 2 aromatic rings. The minimum Gasteiger partial charge on any atom is -0.457 e. The van der Waals surface area contributed by atoms with E-state index in [2.05, 4.69) is 5.32 Å². The molecule has 0 unspecified atom stereocenters. The molecule has 1 N–H and O–H groups in total. The van der Waals surface area contributed by atoms with Crippen LogP contribution in [0.4, 0.5) is 0 Å². The van der Waals surface area contributed by atoms with Gasteiger partial charge in [-0.3, -0.25) is 9.59 Å². The maximum absolute atomic E-state index is 12.6. The van der Waals surface area contributed by atoms with Crippen LogP contribution >= 0.6 is 0 Å². The summed E-state index contributed by atoms with van der Waals surface area (Å²) in [6.45, 7) is 6.15. The second-order valence-electron chi connectivity index (χ2n) is 5.98. The Labute approximate surface area is 148 Å². The van der Waals surface area contributed by atoms with Crippen molar-refractivity contribution in [1.29, 1.82) is 0 Å². The molecule has 5 heteroatoms. The van der Waals surface area contributed by atoms with Crippen LogP contribution in [0.5, 0.6) is 11.5 Å². The Morgan fingerprint density at radius 2 is 1.60 bits per heavy atom. The monoisotopic (exact) mass is 340 g/mol. The van der Waals surface area contributed by atoms with Gasteiger partial charge in [0.25, 0.3) is 5.91 Å². The minimum atomic E-state index is -0.173. The summed E-state index contributed by atoms with van der Waals surface area (Å²) in [6.07, 6.45) is 0. The number of para-hydroxylation sites is 1. The van der Waals surface area contributed by atoms with Crippen molar-refractivity contribution in [3.63, 3.8) is 0 Å². The fraction of sp³-hybridized carbons (Fsp3) is 0.300. The number of carbonyl (C=O) groups is 2. The molecule has 0 heterocycles. The number of hydrogen-bond donors (Lipinski definition) is 1. The van der Waals surface area contributed by atoms with Gasteiger partial charge in [-0.15, -0.1) is 0 Å². The zero-order valence-corrected chi connectivity index (χ0v) is 14.9. The summed E-state index contributed by atoms with van der Waals surface area (Å²) in [5, 5.41) is 2.80. The van der Waals surface area contributed by atoms with Crippen molar-refractivity contribution < 1.29 is 14.3 Å². The molecule has 2 rings (SSSR count). The van der Waals surface area contributed by atoms with E-state index in [0.717, 1.165) is 5.75 Å². The third kappa shape index (κ3) is 5.64. The van der Waals surface area contributed by atoms with Crippen LogP contribution in [0, 0.1) is 0 Å². The predicted molar refractivity (Wildman–Crippen MR) is 97.8 cm³/mol. The Morgan fingerprint density at radius 3 is 2.16 bits per heavy atom. The Hall–Kier alpha value is -2.82. The highest BCUT2D eigenvalue weighted by Gasteiger charge is 2.17. The summed E-state index contributed by atoms with van der Waals surface area (Å²) in [6, 6.07) is 16.4. The number of carbonyl (C=O) groups excluding carboxylic acids is 2. The molecule has 0 aliphatic carbocycles. The Bertz CT molecular complexity index is 697. The molecule has 2 aromatic carbocycles. The molecule has 0 bridgehead atoms. The van der Waals surface area contributed by atoms with E-state index in [-0.39, 0.29) is 24.4 Å². The van der Waals surface area contributed by atoms with E-state index in [1.54, 1.807) is 24.3 Å². The van der Waals surface area contributed by atoms with Gasteiger partial charge >= 0.3 is 0 Å². The van der Waals surface area contributed by atoms with Crippen LogP contribution in [-0.2, 0) is 4.79 Å². The summed E-state index contributed by atoms with van der Waals surface area (Å²) in [5.74, 6) is 1.06. The number of nitrogens with zero attached hydrogens (tertiary/aromatic N) is 1. The molecule has 0 aliphatic rings. The van der Waals surface area contributed by atoms with Gasteiger partial charge in [0.05, 0.1) is 6.54 Å². The number of likely N-dealkylation sites (N-methyl/N-ethyl adjacent to an activating group) is 1. The molecular formula is C20H24N2O3. The lowest BCUT2D eigenvalue weighted by molar-refractivity contribution is -0.122. The van der Waals surface area contributed by atoms with Crippen molar-refractivity contribution in [2.24, 2.45) is 0 Å². The van der Waals surface area contributed by atoms with Crippen LogP contribution in [0.2, 0.25) is 0 Å². The quantitative estimate of drug-likeness (QED) is 0.840. The number of hydrogen-bond acceptors (Lipinski definition) is 3. The summed E-state index contributed by atoms with van der Waals surface area (Å²) < 4.78 is 5.72. The summed E-state index contributed by atoms with van der Waals surface area (Å²) in [4.78, 5) is 26.0. The molecule has 0 aliphatic heterocycles. The standard InChI is InChI=1S/C20H24N2O3/c1-4-22(14-19(23)21-15(2)3)20(24)16-10-12-18(13-11-16)25-17-8-6-5-7-9-17/h5-13,15H,4,14H2,1-3H3,(H,21,23). The molecule has 0 radical (unpaired) electrons. The maximum Gasteiger partial charge on any atom is 0.254 e. The van der Waals surface area contributed by atoms with E-state index < -0.39 is 0 Å². The third-order valence-electron chi connectivity index (χ3n) is 3.53. The van der Waals surface area contributed by atoms with E-state index in [1.807, 2.05) is 51.1 Å². The lowest BCUT2D eigenvalue weighted by Gasteiger charge is -2.21. The highest BCUT2D eigenvalue weighted by Crippen LogP contribution is 2.21. The molecule has 0 saturated carbocycles. The van der Waals surface area contributed by atoms with Gasteiger partial charge in [-0.05, 0) is 57.2 Å². The van der Waals surface area contributed by atoms with Crippen molar-refractivity contribution in [2.75, 3.05) is 13.1 Å². The molecule has 5 nitrogen and oxygen atoms in total. The first-order valence-electron chi connectivity index (χ1n) is 8.41. The van der Waals surface area contributed by atoms with Gasteiger partial charge in [0, 0.05) is 18.2 Å². The Balaban J connectivity index is 2.01. The van der Waals surface area contributed by atoms with Crippen LogP contribution < -0.4 is 10.1 Å². The fourth-order valence-electron chi connectivity index (χ4n) is 2.34. The van der Waals surface area contributed by atoms with Crippen molar-refractivity contribution >= 4 is 11.8 Å². The third-order valence-corrected chi connectivity index (χ3v) is 3.53. The average molecular weight is 340 g/mol. The number of rotatable bonds is 7. The molecule has 0 spiro atoms. The van der Waals surface area contributed by atoms with Gasteiger partial charge in [-0.1, -0.05) is 18.2 Å². The van der Waals surface area contributed by atoms with Crippen LogP contribution in [0.3, 0.4) is 0 Å². The first kappa shape index (κ1) is 18.5. The lowest BCUT2D eigenvalue weighted by atomic mass is 10.2. The van der Waals surface area contributed by atoms with E-state index in [4.69, 9.17) is 4.74 Å². The van der Waals surface area contributed by atoms with Crippen LogP contribution in [0.15, 0.2) is 54.6 Å². The Morgan fingerprint density at radius 1 is 1.00 bits per heavy atom. The van der Waals surface area contributed by atoms with Gasteiger partial charge < -0.3 is 15.0 Å². The SMILES string of the molecule is CCN(CC(=O)NC(C)C)C(=O)c1ccc(Oc2ccccc2)cc1. The van der Waals surface area contributed by atoms with Gasteiger partial charge in [0.2, 0.25) is 5.91 Å². The molecule has 0 saturated heterocycles. The van der Waals surface area contributed by atoms with Gasteiger partial charge in [0.1, 0.15) is 11.5 Å². The fourth-order valence-corrected chi connectivity index (χ4v) is 2.34. The Kier molecular flexibility index (Phi) is 6.57. The first-order valence-corrected chi connectivity index (χ1v) is 8.41. The minimum absolute atomic E-state index is 0.0514. The topological polar surface area (TPSA) is 58.6 Å². The first-order chi connectivity index (χ1) is 12.0.